The van der Waals surface area contributed by atoms with Gasteiger partial charge in [0.2, 0.25) is 5.91 Å². The summed E-state index contributed by atoms with van der Waals surface area (Å²) < 4.78 is 7.36. The van der Waals surface area contributed by atoms with Crippen molar-refractivity contribution in [2.45, 2.75) is 25.8 Å². The van der Waals surface area contributed by atoms with Crippen molar-refractivity contribution in [2.24, 2.45) is 13.0 Å². The maximum atomic E-state index is 12.2. The average Bonchev–Trinajstić information content (AvgIpc) is 3.34. The fraction of sp³-hybridized carbons (Fsp3) is 0.471. The molecule has 1 unspecified atom stereocenters. The second-order valence-electron chi connectivity index (χ2n) is 6.55. The van der Waals surface area contributed by atoms with Crippen LogP contribution in [0.3, 0.4) is 0 Å². The summed E-state index contributed by atoms with van der Waals surface area (Å²) in [6.07, 6.45) is 5.58. The Labute approximate surface area is 140 Å². The molecule has 1 aliphatic carbocycles. The second kappa shape index (κ2) is 5.22. The van der Waals surface area contributed by atoms with Crippen LogP contribution in [0.25, 0.3) is 11.1 Å². The molecule has 0 spiro atoms. The first-order valence-corrected chi connectivity index (χ1v) is 8.15. The van der Waals surface area contributed by atoms with Gasteiger partial charge in [-0.3, -0.25) is 9.48 Å². The molecule has 1 N–H and O–H groups in total. The number of rotatable bonds is 3. The molecule has 0 bridgehead atoms. The molecule has 0 radical (unpaired) electrons. The minimum Gasteiger partial charge on any atom is -0.494 e. The number of methoxy groups -OCH3 is 1. The number of fused-ring (bicyclic) bond motifs is 3. The molecule has 7 heteroatoms. The van der Waals surface area contributed by atoms with Crippen molar-refractivity contribution in [1.82, 2.24) is 14.8 Å². The predicted molar refractivity (Wildman–Crippen MR) is 91.2 cm³/mol. The Morgan fingerprint density at radius 3 is 2.79 bits per heavy atom. The Balaban J connectivity index is 1.90. The van der Waals surface area contributed by atoms with Crippen LogP contribution >= 0.6 is 0 Å². The van der Waals surface area contributed by atoms with Crippen LogP contribution in [-0.4, -0.2) is 34.8 Å². The van der Waals surface area contributed by atoms with Gasteiger partial charge in [-0.25, -0.2) is 4.98 Å². The normalized spacial score (nSPS) is 18.8. The third-order valence-corrected chi connectivity index (χ3v) is 4.88. The molecule has 1 atom stereocenters. The highest BCUT2D eigenvalue weighted by Crippen LogP contribution is 2.50. The first-order valence-electron chi connectivity index (χ1n) is 8.15. The average molecular weight is 327 g/mol. The van der Waals surface area contributed by atoms with E-state index in [2.05, 4.69) is 27.2 Å². The number of hydrogen-bond donors (Lipinski definition) is 1. The van der Waals surface area contributed by atoms with E-state index in [0.717, 1.165) is 35.3 Å². The zero-order valence-corrected chi connectivity index (χ0v) is 14.3. The van der Waals surface area contributed by atoms with E-state index in [4.69, 9.17) is 4.74 Å². The number of anilines is 2. The molecule has 1 amide bonds. The van der Waals surface area contributed by atoms with Gasteiger partial charge in [-0.2, -0.15) is 5.10 Å². The van der Waals surface area contributed by atoms with Crippen molar-refractivity contribution < 1.29 is 9.53 Å². The molecule has 1 fully saturated rings. The summed E-state index contributed by atoms with van der Waals surface area (Å²) in [5, 5.41) is 7.59. The summed E-state index contributed by atoms with van der Waals surface area (Å²) in [6, 6.07) is 0.0826. The standard InChI is InChI=1S/C17H21N5O2/c1-9-14-11(8-21(2)20-14)13-12(24-4)7-18-16(15(13)22(9)3)19-17(23)10-5-6-10/h7-10H,5-6H2,1-4H3,(H,18,19,23). The molecule has 3 heterocycles. The monoisotopic (exact) mass is 327 g/mol. The van der Waals surface area contributed by atoms with Crippen LogP contribution in [0.5, 0.6) is 5.75 Å². The van der Waals surface area contributed by atoms with Crippen LogP contribution in [-0.2, 0) is 11.8 Å². The molecule has 24 heavy (non-hydrogen) atoms. The molecular weight excluding hydrogens is 306 g/mol. The summed E-state index contributed by atoms with van der Waals surface area (Å²) in [5.74, 6) is 1.45. The van der Waals surface area contributed by atoms with Gasteiger partial charge in [-0.05, 0) is 19.8 Å². The van der Waals surface area contributed by atoms with Crippen molar-refractivity contribution in [3.8, 4) is 16.9 Å². The molecule has 0 aromatic carbocycles. The molecule has 1 saturated carbocycles. The van der Waals surface area contributed by atoms with E-state index >= 15 is 0 Å². The van der Waals surface area contributed by atoms with Crippen LogP contribution in [0.2, 0.25) is 0 Å². The fourth-order valence-electron chi connectivity index (χ4n) is 3.28. The zero-order chi connectivity index (χ0) is 17.0. The van der Waals surface area contributed by atoms with Crippen molar-refractivity contribution in [3.63, 3.8) is 0 Å². The molecule has 126 valence electrons. The van der Waals surface area contributed by atoms with Gasteiger partial charge in [0.05, 0.1) is 36.3 Å². The van der Waals surface area contributed by atoms with Gasteiger partial charge in [-0.15, -0.1) is 0 Å². The maximum absolute atomic E-state index is 12.2. The van der Waals surface area contributed by atoms with Gasteiger partial charge < -0.3 is 15.0 Å². The molecule has 2 aromatic heterocycles. The minimum atomic E-state index is 0.0490. The van der Waals surface area contributed by atoms with Gasteiger partial charge >= 0.3 is 0 Å². The van der Waals surface area contributed by atoms with Gasteiger partial charge in [0, 0.05) is 31.8 Å². The third kappa shape index (κ3) is 2.15. The number of aromatic nitrogens is 3. The van der Waals surface area contributed by atoms with Crippen LogP contribution in [0, 0.1) is 5.92 Å². The van der Waals surface area contributed by atoms with Crippen molar-refractivity contribution in [3.05, 3.63) is 18.1 Å². The smallest absolute Gasteiger partial charge is 0.228 e. The topological polar surface area (TPSA) is 72.3 Å². The number of amides is 1. The predicted octanol–water partition coefficient (Wildman–Crippen LogP) is 2.35. The number of pyridine rings is 1. The van der Waals surface area contributed by atoms with Crippen molar-refractivity contribution in [2.75, 3.05) is 24.4 Å². The SMILES string of the molecule is COc1cnc(NC(=O)C2CC2)c2c1-c1cn(C)nc1C(C)N2C. The van der Waals surface area contributed by atoms with Crippen LogP contribution in [0.1, 0.15) is 31.5 Å². The zero-order valence-electron chi connectivity index (χ0n) is 14.3. The lowest BCUT2D eigenvalue weighted by molar-refractivity contribution is -0.117. The molecule has 2 aromatic rings. The van der Waals surface area contributed by atoms with E-state index in [1.807, 2.05) is 25.0 Å². The summed E-state index contributed by atoms with van der Waals surface area (Å²) in [6.45, 7) is 2.10. The minimum absolute atomic E-state index is 0.0490. The lowest BCUT2D eigenvalue weighted by Gasteiger charge is -2.34. The molecule has 4 rings (SSSR count). The van der Waals surface area contributed by atoms with Gasteiger partial charge in [-0.1, -0.05) is 0 Å². The Kier molecular flexibility index (Phi) is 3.26. The highest BCUT2D eigenvalue weighted by molar-refractivity contribution is 6.01. The van der Waals surface area contributed by atoms with E-state index < -0.39 is 0 Å². The quantitative estimate of drug-likeness (QED) is 0.937. The van der Waals surface area contributed by atoms with Crippen molar-refractivity contribution >= 4 is 17.4 Å². The Hall–Kier alpha value is -2.57. The molecule has 0 saturated heterocycles. The highest BCUT2D eigenvalue weighted by Gasteiger charge is 2.36. The van der Waals surface area contributed by atoms with E-state index in [9.17, 15) is 4.79 Å². The number of ether oxygens (including phenoxy) is 1. The summed E-state index contributed by atoms with van der Waals surface area (Å²) >= 11 is 0. The molecular formula is C17H21N5O2. The van der Waals surface area contributed by atoms with E-state index in [1.165, 1.54) is 0 Å². The van der Waals surface area contributed by atoms with E-state index in [1.54, 1.807) is 13.3 Å². The second-order valence-corrected chi connectivity index (χ2v) is 6.55. The van der Waals surface area contributed by atoms with E-state index in [0.29, 0.717) is 11.6 Å². The molecule has 7 nitrogen and oxygen atoms in total. The number of hydrogen-bond acceptors (Lipinski definition) is 5. The maximum Gasteiger partial charge on any atom is 0.228 e. The Morgan fingerprint density at radius 2 is 2.12 bits per heavy atom. The number of aryl methyl sites for hydroxylation is 1. The lowest BCUT2D eigenvalue weighted by atomic mass is 9.95. The van der Waals surface area contributed by atoms with E-state index in [-0.39, 0.29) is 17.9 Å². The number of nitrogens with one attached hydrogen (secondary N) is 1. The van der Waals surface area contributed by atoms with Gasteiger partial charge in [0.1, 0.15) is 5.75 Å². The third-order valence-electron chi connectivity index (χ3n) is 4.88. The number of carbonyl (C=O) groups excluding carboxylic acids is 1. The lowest BCUT2D eigenvalue weighted by Crippen LogP contribution is -2.29. The summed E-state index contributed by atoms with van der Waals surface area (Å²) in [7, 11) is 5.54. The number of carbonyl (C=O) groups is 1. The fourth-order valence-corrected chi connectivity index (χ4v) is 3.28. The first-order chi connectivity index (χ1) is 11.5. The molecule has 2 aliphatic rings. The van der Waals surface area contributed by atoms with Crippen LogP contribution in [0.15, 0.2) is 12.4 Å². The van der Waals surface area contributed by atoms with Crippen LogP contribution < -0.4 is 15.0 Å². The van der Waals surface area contributed by atoms with Gasteiger partial charge in [0.25, 0.3) is 0 Å². The highest BCUT2D eigenvalue weighted by atomic mass is 16.5. The first kappa shape index (κ1) is 15.0. The van der Waals surface area contributed by atoms with Crippen molar-refractivity contribution in [1.29, 1.82) is 0 Å². The Bertz CT molecular complexity index is 825. The van der Waals surface area contributed by atoms with Crippen LogP contribution in [0.4, 0.5) is 11.5 Å². The Morgan fingerprint density at radius 1 is 1.38 bits per heavy atom. The molecule has 1 aliphatic heterocycles. The summed E-state index contributed by atoms with van der Waals surface area (Å²) in [4.78, 5) is 18.8. The van der Waals surface area contributed by atoms with Gasteiger partial charge in [0.15, 0.2) is 5.82 Å². The largest absolute Gasteiger partial charge is 0.494 e. The summed E-state index contributed by atoms with van der Waals surface area (Å²) in [5.41, 5.74) is 3.84. The number of nitrogens with zero attached hydrogens (tertiary/aromatic N) is 4.